The summed E-state index contributed by atoms with van der Waals surface area (Å²) >= 11 is 0. The smallest absolute Gasteiger partial charge is 0.227 e. The molecule has 80 valence electrons. The summed E-state index contributed by atoms with van der Waals surface area (Å²) in [5.74, 6) is 0.227. The van der Waals surface area contributed by atoms with Crippen molar-refractivity contribution in [3.63, 3.8) is 0 Å². The fourth-order valence-electron chi connectivity index (χ4n) is 1.02. The minimum absolute atomic E-state index is 0. The van der Waals surface area contributed by atoms with Gasteiger partial charge in [0, 0.05) is 13.6 Å². The maximum Gasteiger partial charge on any atom is 0.227 e. The van der Waals surface area contributed by atoms with E-state index in [1.54, 1.807) is 4.90 Å². The molecule has 0 aromatic heterocycles. The van der Waals surface area contributed by atoms with Crippen molar-refractivity contribution in [2.45, 2.75) is 28.2 Å². The highest BCUT2D eigenvalue weighted by Gasteiger charge is 2.20. The molecule has 1 rings (SSSR count). The van der Waals surface area contributed by atoms with Crippen LogP contribution in [0.1, 0.15) is 28.2 Å². The Kier molecular flexibility index (Phi) is 9.24. The van der Waals surface area contributed by atoms with Crippen LogP contribution in [0, 0.1) is 5.92 Å². The molecule has 13 heavy (non-hydrogen) atoms. The van der Waals surface area contributed by atoms with Gasteiger partial charge in [0.2, 0.25) is 5.91 Å². The molecule has 1 saturated heterocycles. The zero-order valence-electron chi connectivity index (χ0n) is 8.46. The molecular formula is C10H23NO2. The molecule has 0 saturated carbocycles. The first-order chi connectivity index (χ1) is 5.72. The maximum absolute atomic E-state index is 11.2. The minimum Gasteiger partial charge on any atom is -0.379 e. The molecule has 1 amide bonds. The van der Waals surface area contributed by atoms with Gasteiger partial charge in [-0.2, -0.15) is 0 Å². The monoisotopic (exact) mass is 189 g/mol. The zero-order valence-corrected chi connectivity index (χ0v) is 8.46. The van der Waals surface area contributed by atoms with E-state index in [4.69, 9.17) is 4.74 Å². The number of nitrogens with zero attached hydrogens (tertiary/aromatic N) is 1. The van der Waals surface area contributed by atoms with Gasteiger partial charge >= 0.3 is 0 Å². The van der Waals surface area contributed by atoms with Crippen LogP contribution in [0.15, 0.2) is 0 Å². The molecule has 0 aromatic carbocycles. The Morgan fingerprint density at radius 1 is 1.46 bits per heavy atom. The highest BCUT2D eigenvalue weighted by Crippen LogP contribution is 2.05. The van der Waals surface area contributed by atoms with E-state index in [9.17, 15) is 4.79 Å². The number of ether oxygens (including phenoxy) is 1. The van der Waals surface area contributed by atoms with Crippen LogP contribution in [0.5, 0.6) is 0 Å². The van der Waals surface area contributed by atoms with E-state index in [1.165, 1.54) is 0 Å². The number of likely N-dealkylation sites (N-methyl/N-ethyl adjacent to an activating group) is 1. The highest BCUT2D eigenvalue weighted by atomic mass is 16.5. The van der Waals surface area contributed by atoms with Gasteiger partial charge in [0.05, 0.1) is 19.1 Å². The van der Waals surface area contributed by atoms with E-state index >= 15 is 0 Å². The van der Waals surface area contributed by atoms with Crippen molar-refractivity contribution < 1.29 is 9.53 Å². The Bertz CT molecular complexity index is 123. The number of hydrogen-bond acceptors (Lipinski definition) is 2. The van der Waals surface area contributed by atoms with Gasteiger partial charge in [-0.3, -0.25) is 4.79 Å². The van der Waals surface area contributed by atoms with Gasteiger partial charge in [-0.1, -0.05) is 28.2 Å². The first-order valence-corrected chi connectivity index (χ1v) is 4.54. The van der Waals surface area contributed by atoms with Crippen LogP contribution in [-0.4, -0.2) is 37.6 Å². The predicted octanol–water partition coefficient (Wildman–Crippen LogP) is 1.77. The number of hydrogen-bond donors (Lipinski definition) is 0. The molecule has 1 heterocycles. The molecule has 1 atom stereocenters. The van der Waals surface area contributed by atoms with Crippen molar-refractivity contribution in [3.8, 4) is 0 Å². The molecule has 0 N–H and O–H groups in total. The summed E-state index contributed by atoms with van der Waals surface area (Å²) in [4.78, 5) is 12.9. The van der Waals surface area contributed by atoms with E-state index in [0.717, 1.165) is 6.54 Å². The van der Waals surface area contributed by atoms with Crippen molar-refractivity contribution >= 4 is 5.91 Å². The largest absolute Gasteiger partial charge is 0.379 e. The van der Waals surface area contributed by atoms with Crippen molar-refractivity contribution in [3.05, 3.63) is 0 Å². The van der Waals surface area contributed by atoms with E-state index in [0.29, 0.717) is 13.2 Å². The summed E-state index contributed by atoms with van der Waals surface area (Å²) in [5, 5.41) is 0. The lowest BCUT2D eigenvalue weighted by molar-refractivity contribution is -0.132. The number of carbonyl (C=O) groups is 1. The lowest BCUT2D eigenvalue weighted by Gasteiger charge is -2.14. The minimum atomic E-state index is 0. The van der Waals surface area contributed by atoms with Gasteiger partial charge in [-0.15, -0.1) is 0 Å². The van der Waals surface area contributed by atoms with Gasteiger partial charge in [0.1, 0.15) is 0 Å². The summed E-state index contributed by atoms with van der Waals surface area (Å²) in [6.45, 7) is 7.86. The fourth-order valence-corrected chi connectivity index (χ4v) is 1.02. The quantitative estimate of drug-likeness (QED) is 0.581. The van der Waals surface area contributed by atoms with Crippen molar-refractivity contribution in [2.24, 2.45) is 5.92 Å². The molecule has 1 unspecified atom stereocenters. The van der Waals surface area contributed by atoms with Crippen LogP contribution in [-0.2, 0) is 9.53 Å². The van der Waals surface area contributed by atoms with Crippen LogP contribution in [0.3, 0.4) is 0 Å². The maximum atomic E-state index is 11.2. The molecule has 0 aromatic rings. The van der Waals surface area contributed by atoms with Crippen LogP contribution >= 0.6 is 0 Å². The molecule has 1 aliphatic heterocycles. The predicted molar refractivity (Wildman–Crippen MR) is 55.7 cm³/mol. The second kappa shape index (κ2) is 8.05. The van der Waals surface area contributed by atoms with Crippen LogP contribution in [0.25, 0.3) is 0 Å². The summed E-state index contributed by atoms with van der Waals surface area (Å²) in [5.41, 5.74) is 0. The Morgan fingerprint density at radius 2 is 2.00 bits per heavy atom. The fraction of sp³-hybridized carbons (Fsp3) is 0.900. The summed E-state index contributed by atoms with van der Waals surface area (Å²) in [6, 6.07) is 0. The SMILES string of the molecule is C.CC.CC1COCCN(C)C1=O. The topological polar surface area (TPSA) is 29.5 Å². The van der Waals surface area contributed by atoms with Crippen LogP contribution in [0.2, 0.25) is 0 Å². The number of amides is 1. The number of carbonyl (C=O) groups excluding carboxylic acids is 1. The van der Waals surface area contributed by atoms with E-state index in [2.05, 4.69) is 0 Å². The van der Waals surface area contributed by atoms with Crippen LogP contribution < -0.4 is 0 Å². The van der Waals surface area contributed by atoms with Gasteiger partial charge < -0.3 is 9.64 Å². The van der Waals surface area contributed by atoms with Gasteiger partial charge in [-0.25, -0.2) is 0 Å². The number of rotatable bonds is 0. The molecule has 0 aliphatic carbocycles. The van der Waals surface area contributed by atoms with E-state index in [-0.39, 0.29) is 19.3 Å². The lowest BCUT2D eigenvalue weighted by atomic mass is 10.2. The molecule has 0 radical (unpaired) electrons. The van der Waals surface area contributed by atoms with Gasteiger partial charge in [-0.05, 0) is 0 Å². The van der Waals surface area contributed by atoms with Crippen molar-refractivity contribution in [1.82, 2.24) is 4.90 Å². The highest BCUT2D eigenvalue weighted by molar-refractivity contribution is 5.78. The lowest BCUT2D eigenvalue weighted by Crippen LogP contribution is -2.31. The first kappa shape index (κ1) is 14.9. The van der Waals surface area contributed by atoms with Gasteiger partial charge in [0.25, 0.3) is 0 Å². The van der Waals surface area contributed by atoms with Crippen molar-refractivity contribution in [1.29, 1.82) is 0 Å². The normalized spacial score (nSPS) is 22.3. The first-order valence-electron chi connectivity index (χ1n) is 4.54. The van der Waals surface area contributed by atoms with Crippen LogP contribution in [0.4, 0.5) is 0 Å². The molecule has 0 spiro atoms. The molecule has 3 heteroatoms. The summed E-state index contributed by atoms with van der Waals surface area (Å²) < 4.78 is 5.19. The Labute approximate surface area is 82.1 Å². The molecule has 1 aliphatic rings. The van der Waals surface area contributed by atoms with Crippen molar-refractivity contribution in [2.75, 3.05) is 26.8 Å². The standard InChI is InChI=1S/C7H13NO2.C2H6.CH4/c1-6-5-10-4-3-8(2)7(6)9;1-2;/h6H,3-5H2,1-2H3;1-2H3;1H4. The average Bonchev–Trinajstić information content (AvgIpc) is 2.24. The molecule has 1 fully saturated rings. The third kappa shape index (κ3) is 4.88. The Balaban J connectivity index is 0. The third-order valence-corrected chi connectivity index (χ3v) is 1.74. The molecule has 3 nitrogen and oxygen atoms in total. The van der Waals surface area contributed by atoms with E-state index < -0.39 is 0 Å². The average molecular weight is 189 g/mol. The Hall–Kier alpha value is -0.570. The van der Waals surface area contributed by atoms with Gasteiger partial charge in [0.15, 0.2) is 0 Å². The zero-order chi connectivity index (χ0) is 9.56. The molecule has 0 bridgehead atoms. The summed E-state index contributed by atoms with van der Waals surface area (Å²) in [6.07, 6.45) is 0. The second-order valence-electron chi connectivity index (χ2n) is 2.74. The second-order valence-corrected chi connectivity index (χ2v) is 2.74. The Morgan fingerprint density at radius 3 is 2.54 bits per heavy atom. The summed E-state index contributed by atoms with van der Waals surface area (Å²) in [7, 11) is 1.81. The van der Waals surface area contributed by atoms with E-state index in [1.807, 2.05) is 27.8 Å². The third-order valence-electron chi connectivity index (χ3n) is 1.74. The molecular weight excluding hydrogens is 166 g/mol.